The van der Waals surface area contributed by atoms with Crippen molar-refractivity contribution in [2.75, 3.05) is 0 Å². The van der Waals surface area contributed by atoms with E-state index >= 15 is 0 Å². The molecule has 0 saturated heterocycles. The van der Waals surface area contributed by atoms with E-state index in [4.69, 9.17) is 0 Å². The summed E-state index contributed by atoms with van der Waals surface area (Å²) >= 11 is 0. The summed E-state index contributed by atoms with van der Waals surface area (Å²) in [6, 6.07) is 0. The number of allylic oxidation sites excluding steroid dienone is 2. The van der Waals surface area contributed by atoms with Crippen LogP contribution in [-0.2, 0) is 4.79 Å². The lowest BCUT2D eigenvalue weighted by atomic mass is 9.52. The predicted molar refractivity (Wildman–Crippen MR) is 71.8 cm³/mol. The van der Waals surface area contributed by atoms with E-state index in [9.17, 15) is 4.79 Å². The minimum absolute atomic E-state index is 0.136. The molecule has 0 aromatic rings. The predicted octanol–water partition coefficient (Wildman–Crippen LogP) is 4.37. The minimum Gasteiger partial charge on any atom is -0.299 e. The third-order valence-corrected chi connectivity index (χ3v) is 5.63. The van der Waals surface area contributed by atoms with Gasteiger partial charge in [0, 0.05) is 5.41 Å². The fraction of sp³-hybridized carbons (Fsp3) is 0.812. The van der Waals surface area contributed by atoms with Crippen molar-refractivity contribution in [2.45, 2.75) is 60.3 Å². The Balaban J connectivity index is 2.41. The van der Waals surface area contributed by atoms with Crippen molar-refractivity contribution < 1.29 is 4.79 Å². The highest BCUT2D eigenvalue weighted by atomic mass is 16.1. The Morgan fingerprint density at radius 2 is 2.00 bits per heavy atom. The molecule has 2 rings (SSSR count). The van der Waals surface area contributed by atoms with Crippen LogP contribution in [-0.4, -0.2) is 5.78 Å². The molecule has 96 valence electrons. The molecule has 1 saturated carbocycles. The number of carbonyl (C=O) groups excluding carboxylic acids is 1. The number of fused-ring (bicyclic) bond motifs is 1. The third-order valence-electron chi connectivity index (χ3n) is 5.63. The van der Waals surface area contributed by atoms with Gasteiger partial charge in [-0.1, -0.05) is 39.3 Å². The van der Waals surface area contributed by atoms with Crippen LogP contribution in [0.15, 0.2) is 11.6 Å². The van der Waals surface area contributed by atoms with Crippen LogP contribution in [0, 0.1) is 22.7 Å². The molecule has 0 spiro atoms. The van der Waals surface area contributed by atoms with Crippen molar-refractivity contribution in [3.05, 3.63) is 11.6 Å². The van der Waals surface area contributed by atoms with Crippen molar-refractivity contribution in [3.8, 4) is 0 Å². The first-order chi connectivity index (χ1) is 7.79. The van der Waals surface area contributed by atoms with E-state index in [1.54, 1.807) is 12.5 Å². The Hall–Kier alpha value is -0.590. The normalized spacial score (nSPS) is 40.4. The first-order valence-corrected chi connectivity index (χ1v) is 6.99. The van der Waals surface area contributed by atoms with Gasteiger partial charge in [0.1, 0.15) is 5.78 Å². The number of hydrogen-bond acceptors (Lipinski definition) is 1. The van der Waals surface area contributed by atoms with Crippen molar-refractivity contribution in [1.29, 1.82) is 0 Å². The largest absolute Gasteiger partial charge is 0.299 e. The number of hydrogen-bond donors (Lipinski definition) is 0. The molecule has 1 nitrogen and oxygen atoms in total. The first kappa shape index (κ1) is 12.9. The van der Waals surface area contributed by atoms with Gasteiger partial charge in [0.15, 0.2) is 0 Å². The molecule has 2 aliphatic rings. The maximum Gasteiger partial charge on any atom is 0.136 e. The highest BCUT2D eigenvalue weighted by molar-refractivity contribution is 5.82. The average molecular weight is 234 g/mol. The van der Waals surface area contributed by atoms with Gasteiger partial charge >= 0.3 is 0 Å². The summed E-state index contributed by atoms with van der Waals surface area (Å²) in [5, 5.41) is 0. The van der Waals surface area contributed by atoms with Gasteiger partial charge in [-0.2, -0.15) is 0 Å². The number of carbonyl (C=O) groups is 1. The molecule has 0 aromatic carbocycles. The molecule has 1 heteroatoms. The summed E-state index contributed by atoms with van der Waals surface area (Å²) < 4.78 is 0. The maximum absolute atomic E-state index is 12.0. The molecule has 0 bridgehead atoms. The first-order valence-electron chi connectivity index (χ1n) is 6.99. The lowest BCUT2D eigenvalue weighted by Gasteiger charge is -2.52. The van der Waals surface area contributed by atoms with Gasteiger partial charge in [-0.25, -0.2) is 0 Å². The van der Waals surface area contributed by atoms with Gasteiger partial charge in [-0.15, -0.1) is 0 Å². The van der Waals surface area contributed by atoms with Crippen molar-refractivity contribution in [2.24, 2.45) is 22.7 Å². The van der Waals surface area contributed by atoms with Crippen LogP contribution >= 0.6 is 0 Å². The van der Waals surface area contributed by atoms with Crippen molar-refractivity contribution in [1.82, 2.24) is 0 Å². The van der Waals surface area contributed by atoms with E-state index in [2.05, 4.69) is 33.8 Å². The molecule has 0 heterocycles. The van der Waals surface area contributed by atoms with Gasteiger partial charge in [0.25, 0.3) is 0 Å². The summed E-state index contributed by atoms with van der Waals surface area (Å²) in [5.74, 6) is 1.45. The molecule has 3 atom stereocenters. The lowest BCUT2D eigenvalue weighted by molar-refractivity contribution is -0.131. The molecule has 0 radical (unpaired) electrons. The Kier molecular flexibility index (Phi) is 3.00. The van der Waals surface area contributed by atoms with Crippen LogP contribution in [0.1, 0.15) is 60.3 Å². The fourth-order valence-electron chi connectivity index (χ4n) is 4.15. The highest BCUT2D eigenvalue weighted by Crippen LogP contribution is 2.55. The van der Waals surface area contributed by atoms with E-state index in [0.29, 0.717) is 23.0 Å². The SMILES string of the molecule is CC(=O)[C@]1(C)CC=C2CCCC(C)(C)C2C1C. The molecule has 2 unspecified atom stereocenters. The van der Waals surface area contributed by atoms with Crippen LogP contribution in [0.2, 0.25) is 0 Å². The van der Waals surface area contributed by atoms with Gasteiger partial charge in [0.05, 0.1) is 0 Å². The average Bonchev–Trinajstić information content (AvgIpc) is 2.22. The Morgan fingerprint density at radius 3 is 2.59 bits per heavy atom. The standard InChI is InChI=1S/C16H26O/c1-11-14-13(7-6-9-15(14,3)4)8-10-16(11,5)12(2)17/h8,11,14H,6-7,9-10H2,1-5H3/t11?,14?,16-/m1/s1. The zero-order chi connectivity index (χ0) is 12.8. The van der Waals surface area contributed by atoms with E-state index in [0.717, 1.165) is 6.42 Å². The summed E-state index contributed by atoms with van der Waals surface area (Å²) in [4.78, 5) is 12.0. The monoisotopic (exact) mass is 234 g/mol. The van der Waals surface area contributed by atoms with E-state index < -0.39 is 0 Å². The Morgan fingerprint density at radius 1 is 1.35 bits per heavy atom. The molecular formula is C16H26O. The summed E-state index contributed by atoms with van der Waals surface area (Å²) in [7, 11) is 0. The van der Waals surface area contributed by atoms with Crippen LogP contribution in [0.4, 0.5) is 0 Å². The molecule has 0 aliphatic heterocycles. The van der Waals surface area contributed by atoms with E-state index in [1.807, 2.05) is 0 Å². The smallest absolute Gasteiger partial charge is 0.136 e. The van der Waals surface area contributed by atoms with E-state index in [-0.39, 0.29) is 5.41 Å². The van der Waals surface area contributed by atoms with Crippen molar-refractivity contribution in [3.63, 3.8) is 0 Å². The summed E-state index contributed by atoms with van der Waals surface area (Å²) in [6.45, 7) is 11.0. The summed E-state index contributed by atoms with van der Waals surface area (Å²) in [5.41, 5.74) is 1.86. The number of ketones is 1. The summed E-state index contributed by atoms with van der Waals surface area (Å²) in [6.07, 6.45) is 7.21. The molecule has 0 N–H and O–H groups in total. The molecule has 17 heavy (non-hydrogen) atoms. The molecule has 0 amide bonds. The fourth-order valence-corrected chi connectivity index (χ4v) is 4.15. The van der Waals surface area contributed by atoms with E-state index in [1.165, 1.54) is 19.3 Å². The zero-order valence-corrected chi connectivity index (χ0v) is 12.0. The van der Waals surface area contributed by atoms with Crippen LogP contribution < -0.4 is 0 Å². The molecular weight excluding hydrogens is 208 g/mol. The third kappa shape index (κ3) is 1.88. The van der Waals surface area contributed by atoms with Gasteiger partial charge in [-0.05, 0) is 49.9 Å². The van der Waals surface area contributed by atoms with Crippen molar-refractivity contribution >= 4 is 5.78 Å². The Bertz CT molecular complexity index is 364. The topological polar surface area (TPSA) is 17.1 Å². The second kappa shape index (κ2) is 3.96. The van der Waals surface area contributed by atoms with Crippen LogP contribution in [0.5, 0.6) is 0 Å². The van der Waals surface area contributed by atoms with Crippen LogP contribution in [0.25, 0.3) is 0 Å². The molecule has 2 aliphatic carbocycles. The second-order valence-corrected chi connectivity index (χ2v) is 7.07. The number of Topliss-reactive ketones (excluding diaryl/α,β-unsaturated/α-hetero) is 1. The van der Waals surface area contributed by atoms with Gasteiger partial charge in [-0.3, -0.25) is 4.79 Å². The highest BCUT2D eigenvalue weighted by Gasteiger charge is 2.49. The quantitative estimate of drug-likeness (QED) is 0.616. The lowest BCUT2D eigenvalue weighted by Crippen LogP contribution is -2.46. The zero-order valence-electron chi connectivity index (χ0n) is 12.0. The van der Waals surface area contributed by atoms with Gasteiger partial charge in [0.2, 0.25) is 0 Å². The minimum atomic E-state index is -0.136. The van der Waals surface area contributed by atoms with Gasteiger partial charge < -0.3 is 0 Å². The maximum atomic E-state index is 12.0. The molecule has 0 aromatic heterocycles. The Labute approximate surface area is 106 Å². The molecule has 1 fully saturated rings. The second-order valence-electron chi connectivity index (χ2n) is 7.07. The number of rotatable bonds is 1. The van der Waals surface area contributed by atoms with Crippen LogP contribution in [0.3, 0.4) is 0 Å².